The van der Waals surface area contributed by atoms with Crippen LogP contribution >= 0.6 is 23.2 Å². The molecule has 0 saturated carbocycles. The molecule has 3 aliphatic carbocycles. The number of hydrogen-bond donors (Lipinski definition) is 1. The Morgan fingerprint density at radius 1 is 0.711 bits per heavy atom. The van der Waals surface area contributed by atoms with E-state index in [2.05, 4.69) is 35.5 Å². The zero-order valence-corrected chi connectivity index (χ0v) is 21.2. The van der Waals surface area contributed by atoms with Gasteiger partial charge in [0.15, 0.2) is 0 Å². The largest absolute Gasteiger partial charge is 0.472 e. The molecular formula is C34H18Cl2O2. The van der Waals surface area contributed by atoms with Crippen molar-refractivity contribution in [3.05, 3.63) is 139 Å². The molecule has 0 spiro atoms. The summed E-state index contributed by atoms with van der Waals surface area (Å²) in [7, 11) is 0. The quantitative estimate of drug-likeness (QED) is 0.255. The van der Waals surface area contributed by atoms with E-state index >= 15 is 0 Å². The van der Waals surface area contributed by atoms with Crippen molar-refractivity contribution < 1.29 is 14.0 Å². The number of aliphatic carboxylic acids is 1. The van der Waals surface area contributed by atoms with Gasteiger partial charge in [0.25, 0.3) is 0 Å². The molecule has 3 aliphatic rings. The second kappa shape index (κ2) is 8.87. The van der Waals surface area contributed by atoms with Gasteiger partial charge in [0, 0.05) is 15.6 Å². The van der Waals surface area contributed by atoms with Crippen LogP contribution in [-0.4, -0.2) is 11.1 Å². The molecule has 0 fully saturated rings. The average Bonchev–Trinajstić information content (AvgIpc) is 2.96. The van der Waals surface area contributed by atoms with Crippen LogP contribution < -0.4 is 0 Å². The van der Waals surface area contributed by atoms with E-state index < -0.39 is 23.7 Å². The van der Waals surface area contributed by atoms with Crippen LogP contribution in [-0.2, 0) is 15.6 Å². The molecule has 0 unspecified atom stereocenters. The van der Waals surface area contributed by atoms with Gasteiger partial charge in [0.05, 0.1) is 10.0 Å². The highest BCUT2D eigenvalue weighted by molar-refractivity contribution is 6.43. The van der Waals surface area contributed by atoms with Gasteiger partial charge >= 0.3 is 5.97 Å². The van der Waals surface area contributed by atoms with Crippen LogP contribution in [0.15, 0.2) is 84.9 Å². The highest BCUT2D eigenvalue weighted by Crippen LogP contribution is 2.61. The zero-order chi connectivity index (χ0) is 29.0. The summed E-state index contributed by atoms with van der Waals surface area (Å²) in [6, 6.07) is 26.5. The second-order valence-corrected chi connectivity index (χ2v) is 9.74. The molecule has 0 amide bonds. The number of carboxylic acids is 1. The normalized spacial score (nSPS) is 20.7. The molecule has 0 aliphatic heterocycles. The Morgan fingerprint density at radius 3 is 1.63 bits per heavy atom. The average molecular weight is 532 g/mol. The molecule has 0 aromatic heterocycles. The summed E-state index contributed by atoms with van der Waals surface area (Å²) in [5.74, 6) is 16.7. The van der Waals surface area contributed by atoms with Gasteiger partial charge in [0.1, 0.15) is 10.8 Å². The molecule has 180 valence electrons. The number of rotatable bonds is 0. The fraction of sp³-hybridized carbons (Fsp3) is 0.0882. The summed E-state index contributed by atoms with van der Waals surface area (Å²) in [5, 5.41) is 9.54. The Hall–Kier alpha value is -4.39. The molecule has 1 N–H and O–H groups in total. The van der Waals surface area contributed by atoms with E-state index in [0.29, 0.717) is 5.56 Å². The predicted molar refractivity (Wildman–Crippen MR) is 150 cm³/mol. The van der Waals surface area contributed by atoms with Gasteiger partial charge in [-0.1, -0.05) is 120 Å². The van der Waals surface area contributed by atoms with Crippen LogP contribution in [0.2, 0.25) is 10.0 Å². The summed E-state index contributed by atoms with van der Waals surface area (Å²) < 4.78 is 22.9. The molecule has 4 aromatic rings. The van der Waals surface area contributed by atoms with Gasteiger partial charge in [0.2, 0.25) is 0 Å². The van der Waals surface area contributed by atoms with Crippen molar-refractivity contribution in [1.29, 1.82) is 0 Å². The topological polar surface area (TPSA) is 37.3 Å². The lowest BCUT2D eigenvalue weighted by molar-refractivity contribution is -0.130. The van der Waals surface area contributed by atoms with Gasteiger partial charge in [-0.3, -0.25) is 0 Å². The summed E-state index contributed by atoms with van der Waals surface area (Å²) in [4.78, 5) is 11.7. The van der Waals surface area contributed by atoms with Gasteiger partial charge in [-0.15, -0.1) is 0 Å². The number of benzene rings is 4. The standard InChI is InChI=1S/C34H18Cl2O2/c1-22-17-18-23(32(36)31(22)35)10-8-9-20-33-24-11-2-5-14-27(24)34(21-19-30(37)38,28-15-6-3-12-25(28)33)29-16-7-4-13-26(29)33/h2-7,11-18H,1H3,(H,37,38)/i1D3. The lowest BCUT2D eigenvalue weighted by Gasteiger charge is -2.52. The zero-order valence-electron chi connectivity index (χ0n) is 22.7. The van der Waals surface area contributed by atoms with Crippen molar-refractivity contribution in [3.63, 3.8) is 0 Å². The van der Waals surface area contributed by atoms with Gasteiger partial charge in [-0.25, -0.2) is 4.79 Å². The first-order chi connectivity index (χ1) is 19.6. The monoisotopic (exact) mass is 531 g/mol. The minimum atomic E-state index is -2.40. The second-order valence-electron chi connectivity index (χ2n) is 8.98. The Balaban J connectivity index is 1.60. The van der Waals surface area contributed by atoms with Crippen molar-refractivity contribution in [1.82, 2.24) is 0 Å². The van der Waals surface area contributed by atoms with Gasteiger partial charge in [-0.05, 0) is 63.7 Å². The van der Waals surface area contributed by atoms with Crippen LogP contribution in [0.4, 0.5) is 0 Å². The van der Waals surface area contributed by atoms with Crippen LogP contribution in [0.5, 0.6) is 0 Å². The van der Waals surface area contributed by atoms with E-state index in [-0.39, 0.29) is 15.6 Å². The minimum Gasteiger partial charge on any atom is -0.472 e. The molecule has 0 atom stereocenters. The predicted octanol–water partition coefficient (Wildman–Crippen LogP) is 6.74. The fourth-order valence-electron chi connectivity index (χ4n) is 5.70. The SMILES string of the molecule is [2H]C([2H])([2H])c1ccc(C#CC#CC23c4ccccc4C(C#CC(=O)O)(c4ccccc42)c2ccccc23)c(Cl)c1Cl. The number of carboxylic acid groups (broad SMARTS) is 1. The van der Waals surface area contributed by atoms with E-state index in [9.17, 15) is 9.90 Å². The van der Waals surface area contributed by atoms with Crippen LogP contribution in [0.1, 0.15) is 48.6 Å². The molecule has 2 nitrogen and oxygen atoms in total. The molecule has 0 radical (unpaired) electrons. The third-order valence-corrected chi connectivity index (χ3v) is 8.04. The van der Waals surface area contributed by atoms with E-state index in [0.717, 1.165) is 33.4 Å². The molecule has 4 aromatic carbocycles. The molecule has 0 saturated heterocycles. The van der Waals surface area contributed by atoms with Crippen LogP contribution in [0, 0.1) is 42.4 Å². The van der Waals surface area contributed by atoms with E-state index in [1.807, 2.05) is 72.8 Å². The number of halogens is 2. The van der Waals surface area contributed by atoms with Crippen molar-refractivity contribution in [3.8, 4) is 35.5 Å². The van der Waals surface area contributed by atoms with Crippen LogP contribution in [0.25, 0.3) is 0 Å². The molecular weight excluding hydrogens is 511 g/mol. The lowest BCUT2D eigenvalue weighted by atomic mass is 9.47. The van der Waals surface area contributed by atoms with Crippen molar-refractivity contribution in [2.75, 3.05) is 0 Å². The molecule has 2 bridgehead atoms. The van der Waals surface area contributed by atoms with E-state index in [1.165, 1.54) is 12.1 Å². The fourth-order valence-corrected chi connectivity index (χ4v) is 6.08. The summed E-state index contributed by atoms with van der Waals surface area (Å²) in [6.07, 6.45) is 0. The Bertz CT molecular complexity index is 1860. The first kappa shape index (κ1) is 20.6. The van der Waals surface area contributed by atoms with Crippen molar-refractivity contribution in [2.45, 2.75) is 17.7 Å². The molecule has 7 rings (SSSR count). The first-order valence-corrected chi connectivity index (χ1v) is 12.5. The minimum absolute atomic E-state index is 0.0385. The molecule has 4 heteroatoms. The van der Waals surface area contributed by atoms with E-state index in [4.69, 9.17) is 27.3 Å². The van der Waals surface area contributed by atoms with Crippen molar-refractivity contribution in [2.24, 2.45) is 0 Å². The maximum Gasteiger partial charge on any atom is 0.381 e. The third-order valence-electron chi connectivity index (χ3n) is 7.15. The highest BCUT2D eigenvalue weighted by Gasteiger charge is 2.57. The number of aryl methyl sites for hydroxylation is 1. The summed E-state index contributed by atoms with van der Waals surface area (Å²) in [5.41, 5.74) is 3.83. The number of carbonyl (C=O) groups is 1. The first-order valence-electron chi connectivity index (χ1n) is 13.2. The van der Waals surface area contributed by atoms with E-state index in [1.54, 1.807) is 0 Å². The van der Waals surface area contributed by atoms with Crippen molar-refractivity contribution >= 4 is 29.2 Å². The smallest absolute Gasteiger partial charge is 0.381 e. The molecule has 0 heterocycles. The Morgan fingerprint density at radius 2 is 1.18 bits per heavy atom. The van der Waals surface area contributed by atoms with Gasteiger partial charge in [-0.2, -0.15) is 0 Å². The summed E-state index contributed by atoms with van der Waals surface area (Å²) >= 11 is 12.6. The Kier molecular flexibility index (Phi) is 4.82. The summed E-state index contributed by atoms with van der Waals surface area (Å²) in [6.45, 7) is -2.40. The van der Waals surface area contributed by atoms with Crippen LogP contribution in [0.3, 0.4) is 0 Å². The Labute approximate surface area is 235 Å². The maximum atomic E-state index is 11.7. The lowest BCUT2D eigenvalue weighted by Crippen LogP contribution is -2.49. The highest BCUT2D eigenvalue weighted by atomic mass is 35.5. The number of hydrogen-bond acceptors (Lipinski definition) is 1. The van der Waals surface area contributed by atoms with Gasteiger partial charge < -0.3 is 5.11 Å². The maximum absolute atomic E-state index is 11.7. The molecule has 38 heavy (non-hydrogen) atoms. The third kappa shape index (κ3) is 3.24.